The lowest BCUT2D eigenvalue weighted by atomic mass is 10.0. The van der Waals surface area contributed by atoms with Gasteiger partial charge < -0.3 is 15.5 Å². The van der Waals surface area contributed by atoms with Crippen LogP contribution in [0.15, 0.2) is 24.3 Å². The number of amides is 2. The number of aryl methyl sites for hydroxylation is 1. The van der Waals surface area contributed by atoms with E-state index in [0.29, 0.717) is 13.1 Å². The third kappa shape index (κ3) is 2.26. The van der Waals surface area contributed by atoms with Gasteiger partial charge in [0.1, 0.15) is 0 Å². The number of rotatable bonds is 3. The number of carbonyl (C=O) groups excluding carboxylic acids is 1. The Kier molecular flexibility index (Phi) is 3.33. The van der Waals surface area contributed by atoms with Crippen LogP contribution < -0.4 is 5.73 Å². The van der Waals surface area contributed by atoms with Crippen LogP contribution in [0.3, 0.4) is 0 Å². The Hall–Kier alpha value is -1.55. The van der Waals surface area contributed by atoms with Crippen molar-refractivity contribution in [3.8, 4) is 0 Å². The van der Waals surface area contributed by atoms with E-state index < -0.39 is 0 Å². The second-order valence-electron chi connectivity index (χ2n) is 4.57. The molecule has 1 aliphatic rings. The molecule has 1 unspecified atom stereocenters. The molecule has 92 valence electrons. The summed E-state index contributed by atoms with van der Waals surface area (Å²) in [7, 11) is 1.83. The summed E-state index contributed by atoms with van der Waals surface area (Å²) in [6, 6.07) is 8.56. The molecule has 2 N–H and O–H groups in total. The molecule has 1 atom stereocenters. The fourth-order valence-corrected chi connectivity index (χ4v) is 2.25. The van der Waals surface area contributed by atoms with E-state index in [1.54, 1.807) is 4.90 Å². The molecule has 1 aromatic carbocycles. The number of benzene rings is 1. The van der Waals surface area contributed by atoms with Gasteiger partial charge in [0.25, 0.3) is 0 Å². The second-order valence-corrected chi connectivity index (χ2v) is 4.57. The van der Waals surface area contributed by atoms with Crippen molar-refractivity contribution in [1.29, 1.82) is 0 Å². The van der Waals surface area contributed by atoms with Gasteiger partial charge in [0.2, 0.25) is 0 Å². The third-order valence-electron chi connectivity index (χ3n) is 3.23. The van der Waals surface area contributed by atoms with Gasteiger partial charge in [-0.05, 0) is 12.5 Å². The van der Waals surface area contributed by atoms with Gasteiger partial charge in [0, 0.05) is 26.7 Å². The van der Waals surface area contributed by atoms with Crippen molar-refractivity contribution in [1.82, 2.24) is 9.80 Å². The van der Waals surface area contributed by atoms with Gasteiger partial charge in [-0.25, -0.2) is 4.79 Å². The molecule has 1 aromatic rings. The molecule has 1 fully saturated rings. The Bertz CT molecular complexity index is 402. The molecule has 1 heterocycles. The Morgan fingerprint density at radius 1 is 1.35 bits per heavy atom. The average molecular weight is 233 g/mol. The van der Waals surface area contributed by atoms with Crippen molar-refractivity contribution in [2.24, 2.45) is 5.73 Å². The van der Waals surface area contributed by atoms with Crippen LogP contribution in [0.25, 0.3) is 0 Å². The van der Waals surface area contributed by atoms with Crippen molar-refractivity contribution in [2.45, 2.75) is 13.0 Å². The van der Waals surface area contributed by atoms with Gasteiger partial charge >= 0.3 is 6.03 Å². The molecule has 0 bridgehead atoms. The van der Waals surface area contributed by atoms with Crippen LogP contribution in [0.2, 0.25) is 0 Å². The molecule has 0 aromatic heterocycles. The van der Waals surface area contributed by atoms with Crippen LogP contribution in [0.1, 0.15) is 17.2 Å². The summed E-state index contributed by atoms with van der Waals surface area (Å²) in [6.45, 7) is 3.92. The first-order valence-electron chi connectivity index (χ1n) is 5.92. The molecule has 2 rings (SSSR count). The third-order valence-corrected chi connectivity index (χ3v) is 3.23. The molecule has 1 aliphatic heterocycles. The Morgan fingerprint density at radius 2 is 2.00 bits per heavy atom. The Labute approximate surface area is 102 Å². The molecule has 0 radical (unpaired) electrons. The number of likely N-dealkylation sites (N-methyl/N-ethyl adjacent to an activating group) is 1. The molecule has 17 heavy (non-hydrogen) atoms. The predicted molar refractivity (Wildman–Crippen MR) is 67.7 cm³/mol. The fourth-order valence-electron chi connectivity index (χ4n) is 2.25. The van der Waals surface area contributed by atoms with E-state index in [1.165, 1.54) is 11.1 Å². The minimum absolute atomic E-state index is 0.0704. The molecular formula is C13H19N3O. The van der Waals surface area contributed by atoms with Crippen molar-refractivity contribution < 1.29 is 4.79 Å². The highest BCUT2D eigenvalue weighted by molar-refractivity contribution is 5.77. The molecule has 0 spiro atoms. The summed E-state index contributed by atoms with van der Waals surface area (Å²) >= 11 is 0. The van der Waals surface area contributed by atoms with Crippen LogP contribution in [0, 0.1) is 6.92 Å². The van der Waals surface area contributed by atoms with Gasteiger partial charge in [0.05, 0.1) is 6.04 Å². The maximum absolute atomic E-state index is 11.9. The zero-order valence-corrected chi connectivity index (χ0v) is 10.4. The molecular weight excluding hydrogens is 214 g/mol. The summed E-state index contributed by atoms with van der Waals surface area (Å²) < 4.78 is 0. The van der Waals surface area contributed by atoms with Gasteiger partial charge in [-0.1, -0.05) is 29.8 Å². The maximum atomic E-state index is 11.9. The van der Waals surface area contributed by atoms with Gasteiger partial charge in [-0.3, -0.25) is 0 Å². The Balaban J connectivity index is 2.24. The minimum atomic E-state index is 0.0704. The highest BCUT2D eigenvalue weighted by atomic mass is 16.2. The lowest BCUT2D eigenvalue weighted by molar-refractivity contribution is 0.192. The van der Waals surface area contributed by atoms with Gasteiger partial charge in [-0.15, -0.1) is 0 Å². The summed E-state index contributed by atoms with van der Waals surface area (Å²) in [5.41, 5.74) is 7.98. The van der Waals surface area contributed by atoms with Crippen molar-refractivity contribution >= 4 is 6.03 Å². The van der Waals surface area contributed by atoms with E-state index in [4.69, 9.17) is 5.73 Å². The van der Waals surface area contributed by atoms with Crippen molar-refractivity contribution in [2.75, 3.05) is 26.7 Å². The predicted octanol–water partition coefficient (Wildman–Crippen LogP) is 1.36. The number of urea groups is 1. The summed E-state index contributed by atoms with van der Waals surface area (Å²) in [6.07, 6.45) is 0. The van der Waals surface area contributed by atoms with E-state index in [-0.39, 0.29) is 12.1 Å². The van der Waals surface area contributed by atoms with E-state index in [0.717, 1.165) is 6.54 Å². The quantitative estimate of drug-likeness (QED) is 0.857. The van der Waals surface area contributed by atoms with E-state index >= 15 is 0 Å². The van der Waals surface area contributed by atoms with Crippen molar-refractivity contribution in [3.05, 3.63) is 35.4 Å². The van der Waals surface area contributed by atoms with Crippen LogP contribution in [-0.4, -0.2) is 42.5 Å². The SMILES string of the molecule is Cc1ccc(C2CN(C)C(=O)N2CCN)cc1. The normalized spacial score (nSPS) is 20.2. The maximum Gasteiger partial charge on any atom is 0.320 e. The van der Waals surface area contributed by atoms with Gasteiger partial charge in [-0.2, -0.15) is 0 Å². The first kappa shape index (κ1) is 11.9. The number of hydrogen-bond acceptors (Lipinski definition) is 2. The molecule has 4 heteroatoms. The van der Waals surface area contributed by atoms with Crippen LogP contribution in [0.5, 0.6) is 0 Å². The smallest absolute Gasteiger partial charge is 0.320 e. The van der Waals surface area contributed by atoms with E-state index in [2.05, 4.69) is 31.2 Å². The van der Waals surface area contributed by atoms with Crippen LogP contribution in [0.4, 0.5) is 4.79 Å². The summed E-state index contributed by atoms with van der Waals surface area (Å²) in [5, 5.41) is 0. The first-order valence-corrected chi connectivity index (χ1v) is 5.92. The van der Waals surface area contributed by atoms with Crippen LogP contribution >= 0.6 is 0 Å². The minimum Gasteiger partial charge on any atom is -0.329 e. The highest BCUT2D eigenvalue weighted by Gasteiger charge is 2.35. The number of carbonyl (C=O) groups is 1. The zero-order valence-electron chi connectivity index (χ0n) is 10.4. The number of hydrogen-bond donors (Lipinski definition) is 1. The largest absolute Gasteiger partial charge is 0.329 e. The van der Waals surface area contributed by atoms with Gasteiger partial charge in [0.15, 0.2) is 0 Å². The van der Waals surface area contributed by atoms with Crippen LogP contribution in [-0.2, 0) is 0 Å². The molecule has 2 amide bonds. The lowest BCUT2D eigenvalue weighted by Gasteiger charge is -2.22. The summed E-state index contributed by atoms with van der Waals surface area (Å²) in [4.78, 5) is 15.5. The average Bonchev–Trinajstić information content (AvgIpc) is 2.59. The molecule has 0 saturated carbocycles. The topological polar surface area (TPSA) is 49.6 Å². The fraction of sp³-hybridized carbons (Fsp3) is 0.462. The molecule has 4 nitrogen and oxygen atoms in total. The molecule has 1 saturated heterocycles. The van der Waals surface area contributed by atoms with E-state index in [1.807, 2.05) is 11.9 Å². The van der Waals surface area contributed by atoms with Crippen molar-refractivity contribution in [3.63, 3.8) is 0 Å². The monoisotopic (exact) mass is 233 g/mol. The summed E-state index contributed by atoms with van der Waals surface area (Å²) in [5.74, 6) is 0. The number of nitrogens with zero attached hydrogens (tertiary/aromatic N) is 2. The highest BCUT2D eigenvalue weighted by Crippen LogP contribution is 2.28. The Morgan fingerprint density at radius 3 is 2.59 bits per heavy atom. The lowest BCUT2D eigenvalue weighted by Crippen LogP contribution is -2.34. The number of nitrogens with two attached hydrogens (primary N) is 1. The second kappa shape index (κ2) is 4.75. The zero-order chi connectivity index (χ0) is 12.4. The first-order chi connectivity index (χ1) is 8.13. The molecule has 0 aliphatic carbocycles. The standard InChI is InChI=1S/C13H19N3O/c1-10-3-5-11(6-4-10)12-9-15(2)13(17)16(12)8-7-14/h3-6,12H,7-9,14H2,1-2H3. The van der Waals surface area contributed by atoms with E-state index in [9.17, 15) is 4.79 Å².